The van der Waals surface area contributed by atoms with Crippen LogP contribution in [0.5, 0.6) is 11.5 Å². The Morgan fingerprint density at radius 3 is 2.59 bits per heavy atom. The maximum Gasteiger partial charge on any atom is 0.138 e. The number of nitrogens with two attached hydrogens (primary N) is 1. The number of aliphatic hydroxyl groups excluding tert-OH is 1. The van der Waals surface area contributed by atoms with Gasteiger partial charge in [0.2, 0.25) is 0 Å². The summed E-state index contributed by atoms with van der Waals surface area (Å²) in [5.41, 5.74) is 9.95. The SMILES string of the molecule is Cc1cc(Oc2cc(C#N)ccc2-c2ccc(C(O)CN)cn2)cc(-c2cnccn2)n1. The first-order valence-electron chi connectivity index (χ1n) is 9.89. The Balaban J connectivity index is 1.73. The zero-order valence-electron chi connectivity index (χ0n) is 17.3. The molecule has 1 atom stereocenters. The van der Waals surface area contributed by atoms with E-state index in [0.29, 0.717) is 45.3 Å². The van der Waals surface area contributed by atoms with Gasteiger partial charge in [-0.2, -0.15) is 5.26 Å². The predicted molar refractivity (Wildman–Crippen MR) is 118 cm³/mol. The van der Waals surface area contributed by atoms with Gasteiger partial charge in [-0.05, 0) is 31.2 Å². The summed E-state index contributed by atoms with van der Waals surface area (Å²) < 4.78 is 6.20. The van der Waals surface area contributed by atoms with Crippen LogP contribution in [0.4, 0.5) is 0 Å². The molecule has 158 valence electrons. The molecule has 0 saturated carbocycles. The minimum Gasteiger partial charge on any atom is -0.456 e. The molecule has 0 saturated heterocycles. The quantitative estimate of drug-likeness (QED) is 0.480. The minimum atomic E-state index is -0.771. The van der Waals surface area contributed by atoms with Gasteiger partial charge in [0.25, 0.3) is 0 Å². The third kappa shape index (κ3) is 4.59. The van der Waals surface area contributed by atoms with Crippen molar-refractivity contribution in [1.29, 1.82) is 5.26 Å². The maximum atomic E-state index is 9.91. The second-order valence-electron chi connectivity index (χ2n) is 7.07. The Labute approximate surface area is 185 Å². The van der Waals surface area contributed by atoms with E-state index in [4.69, 9.17) is 10.5 Å². The molecule has 8 heteroatoms. The Hall–Kier alpha value is -4.19. The van der Waals surface area contributed by atoms with Gasteiger partial charge in [0.1, 0.15) is 17.2 Å². The predicted octanol–water partition coefficient (Wildman–Crippen LogP) is 3.57. The second-order valence-corrected chi connectivity index (χ2v) is 7.07. The van der Waals surface area contributed by atoms with E-state index in [1.807, 2.05) is 6.92 Å². The zero-order chi connectivity index (χ0) is 22.5. The molecule has 3 N–H and O–H groups in total. The summed E-state index contributed by atoms with van der Waals surface area (Å²) in [4.78, 5) is 17.4. The summed E-state index contributed by atoms with van der Waals surface area (Å²) in [7, 11) is 0. The van der Waals surface area contributed by atoms with Crippen LogP contribution in [0.3, 0.4) is 0 Å². The largest absolute Gasteiger partial charge is 0.456 e. The van der Waals surface area contributed by atoms with E-state index < -0.39 is 6.10 Å². The average Bonchev–Trinajstić information content (AvgIpc) is 2.84. The maximum absolute atomic E-state index is 9.91. The molecule has 32 heavy (non-hydrogen) atoms. The summed E-state index contributed by atoms with van der Waals surface area (Å²) in [6, 6.07) is 14.4. The molecule has 4 rings (SSSR count). The molecule has 0 aliphatic heterocycles. The summed E-state index contributed by atoms with van der Waals surface area (Å²) in [5, 5.41) is 19.3. The summed E-state index contributed by atoms with van der Waals surface area (Å²) in [6.07, 6.45) is 5.64. The molecular weight excluding hydrogens is 404 g/mol. The van der Waals surface area contributed by atoms with E-state index >= 15 is 0 Å². The van der Waals surface area contributed by atoms with Gasteiger partial charge in [0.05, 0.1) is 35.3 Å². The number of aliphatic hydroxyl groups is 1. The number of aryl methyl sites for hydroxylation is 1. The summed E-state index contributed by atoms with van der Waals surface area (Å²) in [5.74, 6) is 1.02. The molecular formula is C24H20N6O2. The first-order valence-corrected chi connectivity index (χ1v) is 9.89. The Morgan fingerprint density at radius 2 is 1.91 bits per heavy atom. The standard InChI is InChI=1S/C24H20N6O2/c1-15-8-18(10-21(30-15)22-14-27-6-7-28-22)32-24-9-16(11-25)2-4-19(24)20-5-3-17(13-29-20)23(31)12-26/h2-10,13-14,23,31H,12,26H2,1H3. The van der Waals surface area contributed by atoms with Gasteiger partial charge >= 0.3 is 0 Å². The van der Waals surface area contributed by atoms with Gasteiger partial charge in [-0.1, -0.05) is 6.07 Å². The Kier molecular flexibility index (Phi) is 6.12. The molecule has 8 nitrogen and oxygen atoms in total. The van der Waals surface area contributed by atoms with E-state index in [9.17, 15) is 10.4 Å². The number of nitrogens with zero attached hydrogens (tertiary/aromatic N) is 5. The lowest BCUT2D eigenvalue weighted by molar-refractivity contribution is 0.186. The van der Waals surface area contributed by atoms with E-state index in [-0.39, 0.29) is 6.54 Å². The van der Waals surface area contributed by atoms with Crippen molar-refractivity contribution in [3.05, 3.63) is 84.1 Å². The first-order chi connectivity index (χ1) is 15.6. The van der Waals surface area contributed by atoms with Crippen LogP contribution in [0, 0.1) is 18.3 Å². The highest BCUT2D eigenvalue weighted by atomic mass is 16.5. The minimum absolute atomic E-state index is 0.113. The van der Waals surface area contributed by atoms with Crippen molar-refractivity contribution >= 4 is 0 Å². The molecule has 3 heterocycles. The van der Waals surface area contributed by atoms with Crippen molar-refractivity contribution in [1.82, 2.24) is 19.9 Å². The molecule has 0 aliphatic rings. The van der Waals surface area contributed by atoms with E-state index in [2.05, 4.69) is 26.0 Å². The molecule has 0 aliphatic carbocycles. The lowest BCUT2D eigenvalue weighted by Crippen LogP contribution is -2.11. The summed E-state index contributed by atoms with van der Waals surface area (Å²) in [6.45, 7) is 1.98. The van der Waals surface area contributed by atoms with Crippen LogP contribution in [0.1, 0.15) is 22.9 Å². The lowest BCUT2D eigenvalue weighted by Gasteiger charge is -2.14. The average molecular weight is 424 g/mol. The van der Waals surface area contributed by atoms with Crippen molar-refractivity contribution in [3.63, 3.8) is 0 Å². The number of nitriles is 1. The van der Waals surface area contributed by atoms with Gasteiger partial charge in [-0.25, -0.2) is 0 Å². The number of rotatable bonds is 6. The van der Waals surface area contributed by atoms with Crippen LogP contribution < -0.4 is 10.5 Å². The van der Waals surface area contributed by atoms with Gasteiger partial charge in [0, 0.05) is 54.1 Å². The number of aromatic nitrogens is 4. The molecule has 0 radical (unpaired) electrons. The van der Waals surface area contributed by atoms with Gasteiger partial charge in [-0.3, -0.25) is 19.9 Å². The van der Waals surface area contributed by atoms with Crippen LogP contribution in [0.25, 0.3) is 22.6 Å². The third-order valence-electron chi connectivity index (χ3n) is 4.76. The molecule has 3 aromatic heterocycles. The zero-order valence-corrected chi connectivity index (χ0v) is 17.3. The molecule has 0 bridgehead atoms. The van der Waals surface area contributed by atoms with Crippen LogP contribution in [0.15, 0.2) is 67.3 Å². The van der Waals surface area contributed by atoms with E-state index in [0.717, 1.165) is 5.69 Å². The lowest BCUT2D eigenvalue weighted by atomic mass is 10.1. The van der Waals surface area contributed by atoms with E-state index in [1.165, 1.54) is 0 Å². The van der Waals surface area contributed by atoms with Gasteiger partial charge in [0.15, 0.2) is 0 Å². The fraction of sp³-hybridized carbons (Fsp3) is 0.125. The van der Waals surface area contributed by atoms with Crippen LogP contribution >= 0.6 is 0 Å². The Bertz CT molecular complexity index is 1270. The van der Waals surface area contributed by atoms with Crippen LogP contribution in [-0.4, -0.2) is 31.6 Å². The molecule has 0 fully saturated rings. The fourth-order valence-electron chi connectivity index (χ4n) is 3.17. The highest BCUT2D eigenvalue weighted by Gasteiger charge is 2.14. The van der Waals surface area contributed by atoms with Crippen molar-refractivity contribution in [2.45, 2.75) is 13.0 Å². The van der Waals surface area contributed by atoms with E-state index in [1.54, 1.807) is 67.3 Å². The first kappa shape index (κ1) is 21.1. The van der Waals surface area contributed by atoms with Crippen molar-refractivity contribution < 1.29 is 9.84 Å². The smallest absolute Gasteiger partial charge is 0.138 e. The fourth-order valence-corrected chi connectivity index (χ4v) is 3.17. The molecule has 4 aromatic rings. The van der Waals surface area contributed by atoms with Crippen molar-refractivity contribution in [3.8, 4) is 40.2 Å². The molecule has 1 unspecified atom stereocenters. The number of pyridine rings is 2. The van der Waals surface area contributed by atoms with Crippen LogP contribution in [0.2, 0.25) is 0 Å². The van der Waals surface area contributed by atoms with Gasteiger partial charge < -0.3 is 15.6 Å². The topological polar surface area (TPSA) is 131 Å². The molecule has 1 aromatic carbocycles. The van der Waals surface area contributed by atoms with Crippen molar-refractivity contribution in [2.75, 3.05) is 6.54 Å². The number of hydrogen-bond donors (Lipinski definition) is 2. The number of ether oxygens (including phenoxy) is 1. The monoisotopic (exact) mass is 424 g/mol. The molecule has 0 spiro atoms. The van der Waals surface area contributed by atoms with Crippen molar-refractivity contribution in [2.24, 2.45) is 5.73 Å². The number of hydrogen-bond acceptors (Lipinski definition) is 8. The molecule has 0 amide bonds. The Morgan fingerprint density at radius 1 is 1.03 bits per heavy atom. The third-order valence-corrected chi connectivity index (χ3v) is 4.76. The summed E-state index contributed by atoms with van der Waals surface area (Å²) >= 11 is 0. The second kappa shape index (κ2) is 9.31. The van der Waals surface area contributed by atoms with Crippen LogP contribution in [-0.2, 0) is 0 Å². The normalized spacial score (nSPS) is 11.6. The highest BCUT2D eigenvalue weighted by Crippen LogP contribution is 2.34. The van der Waals surface area contributed by atoms with Gasteiger partial charge in [-0.15, -0.1) is 0 Å². The highest BCUT2D eigenvalue weighted by molar-refractivity contribution is 5.69. The number of benzene rings is 1.